The van der Waals surface area contributed by atoms with Crippen LogP contribution in [-0.2, 0) is 4.79 Å². The number of nitrogens with one attached hydrogen (secondary N) is 2. The van der Waals surface area contributed by atoms with Crippen molar-refractivity contribution in [2.45, 2.75) is 13.3 Å². The summed E-state index contributed by atoms with van der Waals surface area (Å²) in [5.41, 5.74) is 3.21. The number of carbonyl (C=O) groups excluding carboxylic acids is 2. The van der Waals surface area contributed by atoms with Crippen molar-refractivity contribution in [1.29, 1.82) is 0 Å². The molecule has 2 amide bonds. The summed E-state index contributed by atoms with van der Waals surface area (Å²) < 4.78 is 0. The highest BCUT2D eigenvalue weighted by Gasteiger charge is 2.14. The summed E-state index contributed by atoms with van der Waals surface area (Å²) in [6.45, 7) is 1.60. The second-order valence-corrected chi connectivity index (χ2v) is 7.08. The van der Waals surface area contributed by atoms with Gasteiger partial charge in [-0.3, -0.25) is 9.59 Å². The summed E-state index contributed by atoms with van der Waals surface area (Å²) in [4.78, 5) is 24.5. The lowest BCUT2D eigenvalue weighted by atomic mass is 10.1. The van der Waals surface area contributed by atoms with Crippen LogP contribution in [0.4, 0.5) is 5.69 Å². The van der Waals surface area contributed by atoms with Crippen LogP contribution >= 0.6 is 23.2 Å². The van der Waals surface area contributed by atoms with Gasteiger partial charge in [0.2, 0.25) is 5.91 Å². The number of halogens is 2. The highest BCUT2D eigenvalue weighted by molar-refractivity contribution is 6.44. The molecule has 8 heteroatoms. The quantitative estimate of drug-likeness (QED) is 0.394. The van der Waals surface area contributed by atoms with Gasteiger partial charge in [0.1, 0.15) is 5.75 Å². The number of phenols is 1. The third-order valence-corrected chi connectivity index (χ3v) is 4.95. The van der Waals surface area contributed by atoms with E-state index >= 15 is 0 Å². The minimum absolute atomic E-state index is 0.0627. The Hall–Kier alpha value is -3.09. The van der Waals surface area contributed by atoms with Crippen molar-refractivity contribution >= 4 is 57.2 Å². The summed E-state index contributed by atoms with van der Waals surface area (Å²) in [7, 11) is 0. The van der Waals surface area contributed by atoms with E-state index in [9.17, 15) is 14.7 Å². The van der Waals surface area contributed by atoms with Crippen LogP contribution in [-0.4, -0.2) is 22.6 Å². The standard InChI is InChI=1S/C21H17Cl2N3O3/c1-12(11-18(27)24-17-8-4-7-16(22)19(17)23)25-26-21(29)15-10-9-13-5-2-3-6-14(13)20(15)28/h2-10,28H,11H2,1H3,(H,24,27)(H,26,29)/b25-12+. The van der Waals surface area contributed by atoms with Crippen LogP contribution in [0.15, 0.2) is 59.7 Å². The molecule has 3 rings (SSSR count). The van der Waals surface area contributed by atoms with E-state index in [0.29, 0.717) is 21.8 Å². The van der Waals surface area contributed by atoms with Crippen LogP contribution in [0, 0.1) is 0 Å². The molecule has 0 unspecified atom stereocenters. The smallest absolute Gasteiger partial charge is 0.275 e. The maximum Gasteiger partial charge on any atom is 0.275 e. The number of rotatable bonds is 5. The van der Waals surface area contributed by atoms with E-state index in [2.05, 4.69) is 15.8 Å². The van der Waals surface area contributed by atoms with E-state index in [1.807, 2.05) is 12.1 Å². The summed E-state index contributed by atoms with van der Waals surface area (Å²) >= 11 is 12.0. The van der Waals surface area contributed by atoms with Gasteiger partial charge in [-0.1, -0.05) is 59.6 Å². The average molecular weight is 430 g/mol. The molecule has 3 aromatic carbocycles. The van der Waals surface area contributed by atoms with Gasteiger partial charge in [-0.05, 0) is 30.5 Å². The lowest BCUT2D eigenvalue weighted by molar-refractivity contribution is -0.115. The van der Waals surface area contributed by atoms with Gasteiger partial charge in [-0.15, -0.1) is 0 Å². The van der Waals surface area contributed by atoms with Crippen LogP contribution in [0.1, 0.15) is 23.7 Å². The maximum atomic E-state index is 12.4. The van der Waals surface area contributed by atoms with Crippen LogP contribution in [0.2, 0.25) is 10.0 Å². The van der Waals surface area contributed by atoms with Crippen molar-refractivity contribution in [3.8, 4) is 5.75 Å². The molecule has 0 aromatic heterocycles. The minimum atomic E-state index is -0.578. The first-order chi connectivity index (χ1) is 13.9. The number of phenolic OH excluding ortho intramolecular Hbond substituents is 1. The second kappa shape index (κ2) is 8.94. The van der Waals surface area contributed by atoms with Crippen molar-refractivity contribution in [3.63, 3.8) is 0 Å². The molecule has 0 aliphatic carbocycles. The lowest BCUT2D eigenvalue weighted by Crippen LogP contribution is -2.21. The highest BCUT2D eigenvalue weighted by Crippen LogP contribution is 2.30. The Morgan fingerprint density at radius 2 is 1.79 bits per heavy atom. The largest absolute Gasteiger partial charge is 0.506 e. The summed E-state index contributed by atoms with van der Waals surface area (Å²) in [6, 6.07) is 15.3. The zero-order chi connectivity index (χ0) is 21.0. The molecule has 0 aliphatic heterocycles. The fraction of sp³-hybridized carbons (Fsp3) is 0.0952. The SMILES string of the molecule is C/C(CC(=O)Nc1cccc(Cl)c1Cl)=N\NC(=O)c1ccc2ccccc2c1O. The first kappa shape index (κ1) is 20.6. The molecule has 0 spiro atoms. The highest BCUT2D eigenvalue weighted by atomic mass is 35.5. The topological polar surface area (TPSA) is 90.8 Å². The number of amides is 2. The number of carbonyl (C=O) groups is 2. The zero-order valence-corrected chi connectivity index (χ0v) is 16.9. The van der Waals surface area contributed by atoms with Gasteiger partial charge in [0.15, 0.2) is 0 Å². The van der Waals surface area contributed by atoms with Crippen molar-refractivity contribution in [2.24, 2.45) is 5.10 Å². The molecule has 0 radical (unpaired) electrons. The number of hydrazone groups is 1. The van der Waals surface area contributed by atoms with Gasteiger partial charge in [0.05, 0.1) is 27.7 Å². The molecule has 0 saturated heterocycles. The Morgan fingerprint density at radius 1 is 1.03 bits per heavy atom. The number of hydrogen-bond donors (Lipinski definition) is 3. The van der Waals surface area contributed by atoms with Crippen LogP contribution < -0.4 is 10.7 Å². The van der Waals surface area contributed by atoms with Crippen molar-refractivity contribution in [2.75, 3.05) is 5.32 Å². The van der Waals surface area contributed by atoms with Gasteiger partial charge in [0, 0.05) is 11.1 Å². The molecular weight excluding hydrogens is 413 g/mol. The predicted octanol–water partition coefficient (Wildman–Crippen LogP) is 4.99. The molecule has 3 aromatic rings. The van der Waals surface area contributed by atoms with Gasteiger partial charge in [0.25, 0.3) is 5.91 Å². The monoisotopic (exact) mass is 429 g/mol. The normalized spacial score (nSPS) is 11.3. The molecule has 0 saturated carbocycles. The predicted molar refractivity (Wildman–Crippen MR) is 116 cm³/mol. The Bertz CT molecular complexity index is 1130. The van der Waals surface area contributed by atoms with Crippen molar-refractivity contribution in [3.05, 3.63) is 70.2 Å². The molecule has 0 heterocycles. The molecule has 0 bridgehead atoms. The Labute approximate surface area is 177 Å². The van der Waals surface area contributed by atoms with E-state index in [1.165, 1.54) is 6.07 Å². The first-order valence-electron chi connectivity index (χ1n) is 8.65. The van der Waals surface area contributed by atoms with Gasteiger partial charge >= 0.3 is 0 Å². The number of nitrogens with zero attached hydrogens (tertiary/aromatic N) is 1. The average Bonchev–Trinajstić information content (AvgIpc) is 2.70. The summed E-state index contributed by atoms with van der Waals surface area (Å²) in [5, 5.41) is 18.9. The molecule has 29 heavy (non-hydrogen) atoms. The van der Waals surface area contributed by atoms with E-state index in [1.54, 1.807) is 43.3 Å². The molecule has 148 valence electrons. The number of hydrogen-bond acceptors (Lipinski definition) is 4. The van der Waals surface area contributed by atoms with Crippen molar-refractivity contribution < 1.29 is 14.7 Å². The summed E-state index contributed by atoms with van der Waals surface area (Å²) in [6.07, 6.45) is -0.0627. The molecule has 0 atom stereocenters. The van der Waals surface area contributed by atoms with E-state index in [4.69, 9.17) is 23.2 Å². The fourth-order valence-electron chi connectivity index (χ4n) is 2.71. The number of benzene rings is 3. The maximum absolute atomic E-state index is 12.4. The Balaban J connectivity index is 1.65. The number of aromatic hydroxyl groups is 1. The lowest BCUT2D eigenvalue weighted by Gasteiger charge is -2.09. The third kappa shape index (κ3) is 4.85. The van der Waals surface area contributed by atoms with Gasteiger partial charge < -0.3 is 10.4 Å². The van der Waals surface area contributed by atoms with Crippen LogP contribution in [0.5, 0.6) is 5.75 Å². The molecule has 0 fully saturated rings. The van der Waals surface area contributed by atoms with Crippen LogP contribution in [0.25, 0.3) is 10.8 Å². The molecular formula is C21H17Cl2N3O3. The number of anilines is 1. The third-order valence-electron chi connectivity index (χ3n) is 4.14. The summed E-state index contributed by atoms with van der Waals surface area (Å²) in [5.74, 6) is -1.06. The number of fused-ring (bicyclic) bond motifs is 1. The minimum Gasteiger partial charge on any atom is -0.506 e. The van der Waals surface area contributed by atoms with E-state index in [-0.39, 0.29) is 28.7 Å². The van der Waals surface area contributed by atoms with Crippen molar-refractivity contribution in [1.82, 2.24) is 5.43 Å². The van der Waals surface area contributed by atoms with Gasteiger partial charge in [-0.2, -0.15) is 5.10 Å². The Morgan fingerprint density at radius 3 is 2.59 bits per heavy atom. The fourth-order valence-corrected chi connectivity index (χ4v) is 3.06. The first-order valence-corrected chi connectivity index (χ1v) is 9.40. The molecule has 6 nitrogen and oxygen atoms in total. The van der Waals surface area contributed by atoms with E-state index in [0.717, 1.165) is 5.39 Å². The zero-order valence-electron chi connectivity index (χ0n) is 15.4. The second-order valence-electron chi connectivity index (χ2n) is 6.30. The Kier molecular flexibility index (Phi) is 6.36. The molecule has 3 N–H and O–H groups in total. The van der Waals surface area contributed by atoms with E-state index < -0.39 is 5.91 Å². The van der Waals surface area contributed by atoms with Gasteiger partial charge in [-0.25, -0.2) is 5.43 Å². The van der Waals surface area contributed by atoms with Crippen LogP contribution in [0.3, 0.4) is 0 Å². The molecule has 0 aliphatic rings.